The monoisotopic (exact) mass is 172 g/mol. The lowest BCUT2D eigenvalue weighted by Gasteiger charge is -2.24. The number of carbonyl (C=O) groups is 1. The molecule has 11 heavy (non-hydrogen) atoms. The molecule has 62 valence electrons. The highest BCUT2D eigenvalue weighted by atomic mass is 35.5. The first kappa shape index (κ1) is 8.79. The van der Waals surface area contributed by atoms with E-state index in [2.05, 4.69) is 6.08 Å². The van der Waals surface area contributed by atoms with Crippen LogP contribution in [0, 0.1) is 5.92 Å². The number of aldehydes is 1. The Kier molecular flexibility index (Phi) is 3.13. The van der Waals surface area contributed by atoms with Crippen molar-refractivity contribution in [2.24, 2.45) is 5.92 Å². The van der Waals surface area contributed by atoms with Crippen LogP contribution in [0.2, 0.25) is 0 Å². The van der Waals surface area contributed by atoms with Crippen LogP contribution in [0.5, 0.6) is 0 Å². The normalized spacial score (nSPS) is 35.6. The zero-order valence-corrected chi connectivity index (χ0v) is 7.47. The number of hydrogen-bond acceptors (Lipinski definition) is 1. The Morgan fingerprint density at radius 2 is 2.36 bits per heavy atom. The minimum absolute atomic E-state index is 0.0524. The number of halogens is 1. The quantitative estimate of drug-likeness (QED) is 0.338. The lowest BCUT2D eigenvalue weighted by Crippen LogP contribution is -2.21. The topological polar surface area (TPSA) is 17.1 Å². The zero-order chi connectivity index (χ0) is 8.27. The van der Waals surface area contributed by atoms with Crippen molar-refractivity contribution in [3.8, 4) is 0 Å². The Balaban J connectivity index is 2.57. The fourth-order valence-electron chi connectivity index (χ4n) is 1.47. The SMILES string of the molecule is C/C=C1\CC[C@@H](Cl)C(C=O)C1. The van der Waals surface area contributed by atoms with Crippen molar-refractivity contribution in [2.75, 3.05) is 0 Å². The van der Waals surface area contributed by atoms with Crippen LogP contribution in [-0.4, -0.2) is 11.7 Å². The van der Waals surface area contributed by atoms with Crippen LogP contribution in [0.4, 0.5) is 0 Å². The molecule has 1 nitrogen and oxygen atoms in total. The highest BCUT2D eigenvalue weighted by Gasteiger charge is 2.24. The van der Waals surface area contributed by atoms with Crippen molar-refractivity contribution < 1.29 is 4.79 Å². The molecule has 2 atom stereocenters. The third kappa shape index (κ3) is 2.06. The molecule has 1 saturated carbocycles. The first-order chi connectivity index (χ1) is 5.27. The Morgan fingerprint density at radius 1 is 1.64 bits per heavy atom. The Hall–Kier alpha value is -0.300. The van der Waals surface area contributed by atoms with Gasteiger partial charge in [0.15, 0.2) is 0 Å². The van der Waals surface area contributed by atoms with E-state index in [0.717, 1.165) is 25.5 Å². The smallest absolute Gasteiger partial charge is 0.124 e. The van der Waals surface area contributed by atoms with Gasteiger partial charge >= 0.3 is 0 Å². The van der Waals surface area contributed by atoms with Gasteiger partial charge in [-0.25, -0.2) is 0 Å². The van der Waals surface area contributed by atoms with Crippen LogP contribution in [0.1, 0.15) is 26.2 Å². The molecule has 0 aliphatic heterocycles. The van der Waals surface area contributed by atoms with E-state index < -0.39 is 0 Å². The maximum Gasteiger partial charge on any atom is 0.124 e. The molecule has 0 aromatic heterocycles. The summed E-state index contributed by atoms with van der Waals surface area (Å²) in [5.41, 5.74) is 1.37. The molecule has 0 N–H and O–H groups in total. The Morgan fingerprint density at radius 3 is 2.91 bits per heavy atom. The number of allylic oxidation sites excluding steroid dienone is 2. The van der Waals surface area contributed by atoms with Crippen molar-refractivity contribution >= 4 is 17.9 Å². The van der Waals surface area contributed by atoms with Gasteiger partial charge in [0.25, 0.3) is 0 Å². The van der Waals surface area contributed by atoms with E-state index in [1.54, 1.807) is 0 Å². The van der Waals surface area contributed by atoms with Crippen molar-refractivity contribution in [3.63, 3.8) is 0 Å². The van der Waals surface area contributed by atoms with Gasteiger partial charge in [-0.3, -0.25) is 0 Å². The summed E-state index contributed by atoms with van der Waals surface area (Å²) >= 11 is 5.95. The van der Waals surface area contributed by atoms with E-state index in [9.17, 15) is 4.79 Å². The van der Waals surface area contributed by atoms with Crippen molar-refractivity contribution in [2.45, 2.75) is 31.6 Å². The lowest BCUT2D eigenvalue weighted by atomic mass is 9.86. The van der Waals surface area contributed by atoms with Gasteiger partial charge in [0, 0.05) is 11.3 Å². The predicted molar refractivity (Wildman–Crippen MR) is 46.8 cm³/mol. The Bertz CT molecular complexity index is 174. The predicted octanol–water partition coefficient (Wildman–Crippen LogP) is 2.54. The average Bonchev–Trinajstić information content (AvgIpc) is 2.05. The first-order valence-electron chi connectivity index (χ1n) is 4.01. The molecule has 0 aromatic carbocycles. The summed E-state index contributed by atoms with van der Waals surface area (Å²) in [6.07, 6.45) is 5.97. The molecule has 0 radical (unpaired) electrons. The van der Waals surface area contributed by atoms with Gasteiger partial charge in [0.1, 0.15) is 6.29 Å². The van der Waals surface area contributed by atoms with Crippen LogP contribution in [0.3, 0.4) is 0 Å². The molecule has 2 heteroatoms. The fourth-order valence-corrected chi connectivity index (χ4v) is 1.72. The average molecular weight is 173 g/mol. The Labute approximate surface area is 72.4 Å². The van der Waals surface area contributed by atoms with E-state index in [4.69, 9.17) is 11.6 Å². The van der Waals surface area contributed by atoms with Gasteiger partial charge in [-0.2, -0.15) is 0 Å². The molecule has 1 aliphatic carbocycles. The van der Waals surface area contributed by atoms with Crippen molar-refractivity contribution in [3.05, 3.63) is 11.6 Å². The summed E-state index contributed by atoms with van der Waals surface area (Å²) < 4.78 is 0. The minimum atomic E-state index is 0.0524. The van der Waals surface area contributed by atoms with Gasteiger partial charge in [-0.05, 0) is 26.2 Å². The van der Waals surface area contributed by atoms with Gasteiger partial charge in [-0.1, -0.05) is 11.6 Å². The molecule has 0 saturated heterocycles. The molecule has 0 aromatic rings. The molecule has 0 bridgehead atoms. The first-order valence-corrected chi connectivity index (χ1v) is 4.45. The van der Waals surface area contributed by atoms with Gasteiger partial charge in [0.2, 0.25) is 0 Å². The lowest BCUT2D eigenvalue weighted by molar-refractivity contribution is -0.111. The van der Waals surface area contributed by atoms with E-state index in [-0.39, 0.29) is 11.3 Å². The van der Waals surface area contributed by atoms with E-state index in [0.29, 0.717) is 0 Å². The van der Waals surface area contributed by atoms with Crippen LogP contribution < -0.4 is 0 Å². The highest BCUT2D eigenvalue weighted by molar-refractivity contribution is 6.21. The standard InChI is InChI=1S/C9H13ClO/c1-2-7-3-4-9(10)8(5-7)6-11/h2,6,8-9H,3-5H2,1H3/b7-2+/t8?,9-/m1/s1. The summed E-state index contributed by atoms with van der Waals surface area (Å²) in [6.45, 7) is 2.02. The van der Waals surface area contributed by atoms with E-state index in [1.807, 2.05) is 6.92 Å². The molecule has 0 spiro atoms. The second kappa shape index (κ2) is 3.91. The molecule has 1 aliphatic rings. The molecule has 0 amide bonds. The van der Waals surface area contributed by atoms with E-state index >= 15 is 0 Å². The van der Waals surface area contributed by atoms with Gasteiger partial charge < -0.3 is 4.79 Å². The maximum absolute atomic E-state index is 10.5. The largest absolute Gasteiger partial charge is 0.303 e. The van der Waals surface area contributed by atoms with Crippen LogP contribution in [0.25, 0.3) is 0 Å². The maximum atomic E-state index is 10.5. The van der Waals surface area contributed by atoms with Gasteiger partial charge in [0.05, 0.1) is 0 Å². The number of alkyl halides is 1. The summed E-state index contributed by atoms with van der Waals surface area (Å²) in [4.78, 5) is 10.5. The molecule has 1 unspecified atom stereocenters. The third-order valence-corrected chi connectivity index (χ3v) is 2.83. The molecule has 1 rings (SSSR count). The summed E-state index contributed by atoms with van der Waals surface area (Å²) in [6, 6.07) is 0. The number of carbonyl (C=O) groups excluding carboxylic acids is 1. The van der Waals surface area contributed by atoms with Crippen molar-refractivity contribution in [1.82, 2.24) is 0 Å². The summed E-state index contributed by atoms with van der Waals surface area (Å²) in [7, 11) is 0. The second-order valence-corrected chi connectivity index (χ2v) is 3.57. The fraction of sp³-hybridized carbons (Fsp3) is 0.667. The highest BCUT2D eigenvalue weighted by Crippen LogP contribution is 2.30. The summed E-state index contributed by atoms with van der Waals surface area (Å²) in [5.74, 6) is 0.0524. The van der Waals surface area contributed by atoms with Crippen molar-refractivity contribution in [1.29, 1.82) is 0 Å². The summed E-state index contributed by atoms with van der Waals surface area (Å²) in [5, 5.41) is 0.0659. The minimum Gasteiger partial charge on any atom is -0.303 e. The van der Waals surface area contributed by atoms with Gasteiger partial charge in [-0.15, -0.1) is 11.6 Å². The number of rotatable bonds is 1. The zero-order valence-electron chi connectivity index (χ0n) is 6.72. The van der Waals surface area contributed by atoms with Crippen LogP contribution >= 0.6 is 11.6 Å². The van der Waals surface area contributed by atoms with Crippen LogP contribution in [0.15, 0.2) is 11.6 Å². The number of hydrogen-bond donors (Lipinski definition) is 0. The second-order valence-electron chi connectivity index (χ2n) is 3.01. The molecular formula is C9H13ClO. The van der Waals surface area contributed by atoms with E-state index in [1.165, 1.54) is 5.57 Å². The third-order valence-electron chi connectivity index (χ3n) is 2.29. The van der Waals surface area contributed by atoms with Crippen LogP contribution in [-0.2, 0) is 4.79 Å². The molecule has 1 fully saturated rings. The molecular weight excluding hydrogens is 160 g/mol. The molecule has 0 heterocycles.